The fourth-order valence-corrected chi connectivity index (χ4v) is 2.02. The number of para-hydroxylation sites is 1. The van der Waals surface area contributed by atoms with Crippen molar-refractivity contribution in [2.24, 2.45) is 0 Å². The lowest BCUT2D eigenvalue weighted by Crippen LogP contribution is -2.09. The summed E-state index contributed by atoms with van der Waals surface area (Å²) in [6.45, 7) is 1.75. The highest BCUT2D eigenvalue weighted by Gasteiger charge is 2.14. The molecule has 1 N–H and O–H groups in total. The van der Waals surface area contributed by atoms with Gasteiger partial charge in [0.25, 0.3) is 0 Å². The molecule has 5 heteroatoms. The molecule has 0 radical (unpaired) electrons. The van der Waals surface area contributed by atoms with Crippen molar-refractivity contribution in [3.05, 3.63) is 47.8 Å². The van der Waals surface area contributed by atoms with Gasteiger partial charge in [0.05, 0.1) is 26.0 Å². The second-order valence-electron chi connectivity index (χ2n) is 4.31. The summed E-state index contributed by atoms with van der Waals surface area (Å²) in [4.78, 5) is 15.9. The van der Waals surface area contributed by atoms with Crippen LogP contribution in [0.25, 0.3) is 11.1 Å². The van der Waals surface area contributed by atoms with E-state index < -0.39 is 5.97 Å². The van der Waals surface area contributed by atoms with Crippen LogP contribution in [-0.2, 0) is 11.3 Å². The molecule has 0 unspecified atom stereocenters. The maximum Gasteiger partial charge on any atom is 0.356 e. The van der Waals surface area contributed by atoms with Gasteiger partial charge in [0, 0.05) is 5.56 Å². The zero-order chi connectivity index (χ0) is 15.2. The van der Waals surface area contributed by atoms with E-state index >= 15 is 0 Å². The van der Waals surface area contributed by atoms with Crippen molar-refractivity contribution in [2.45, 2.75) is 13.5 Å². The Hall–Kier alpha value is -2.40. The summed E-state index contributed by atoms with van der Waals surface area (Å²) in [6.07, 6.45) is 0. The van der Waals surface area contributed by atoms with Crippen molar-refractivity contribution in [1.82, 2.24) is 4.98 Å². The van der Waals surface area contributed by atoms with Gasteiger partial charge >= 0.3 is 5.97 Å². The monoisotopic (exact) mass is 287 g/mol. The van der Waals surface area contributed by atoms with Gasteiger partial charge in [0.2, 0.25) is 0 Å². The van der Waals surface area contributed by atoms with Crippen LogP contribution in [0.5, 0.6) is 5.75 Å². The van der Waals surface area contributed by atoms with Crippen molar-refractivity contribution in [2.75, 3.05) is 13.7 Å². The number of rotatable bonds is 5. The minimum absolute atomic E-state index is 0.171. The third-order valence-electron chi connectivity index (χ3n) is 2.94. The first-order valence-electron chi connectivity index (χ1n) is 6.62. The number of ether oxygens (including phenoxy) is 2. The number of aliphatic hydroxyl groups excluding tert-OH is 1. The molecular weight excluding hydrogens is 270 g/mol. The quantitative estimate of drug-likeness (QED) is 0.855. The van der Waals surface area contributed by atoms with Crippen LogP contribution in [0.3, 0.4) is 0 Å². The van der Waals surface area contributed by atoms with Crippen molar-refractivity contribution in [1.29, 1.82) is 0 Å². The minimum atomic E-state index is -0.510. The highest BCUT2D eigenvalue weighted by Crippen LogP contribution is 2.30. The van der Waals surface area contributed by atoms with Crippen molar-refractivity contribution < 1.29 is 19.4 Å². The van der Waals surface area contributed by atoms with Crippen LogP contribution in [-0.4, -0.2) is 29.8 Å². The zero-order valence-corrected chi connectivity index (χ0v) is 12.0. The molecule has 0 aliphatic carbocycles. The van der Waals surface area contributed by atoms with Crippen LogP contribution < -0.4 is 4.74 Å². The third-order valence-corrected chi connectivity index (χ3v) is 2.94. The number of aromatic nitrogens is 1. The van der Waals surface area contributed by atoms with Crippen molar-refractivity contribution >= 4 is 5.97 Å². The summed E-state index contributed by atoms with van der Waals surface area (Å²) in [5, 5.41) is 9.33. The number of pyridine rings is 1. The topological polar surface area (TPSA) is 68.7 Å². The van der Waals surface area contributed by atoms with E-state index in [-0.39, 0.29) is 18.9 Å². The van der Waals surface area contributed by atoms with Gasteiger partial charge in [-0.3, -0.25) is 0 Å². The highest BCUT2D eigenvalue weighted by atomic mass is 16.5. The van der Waals surface area contributed by atoms with E-state index in [1.807, 2.05) is 24.3 Å². The van der Waals surface area contributed by atoms with Gasteiger partial charge in [0.1, 0.15) is 11.4 Å². The number of esters is 1. The average molecular weight is 287 g/mol. The molecule has 0 spiro atoms. The minimum Gasteiger partial charge on any atom is -0.496 e. The molecule has 0 aliphatic rings. The number of carbonyl (C=O) groups excluding carboxylic acids is 1. The number of hydrogen-bond donors (Lipinski definition) is 1. The van der Waals surface area contributed by atoms with Crippen LogP contribution in [0.2, 0.25) is 0 Å². The number of carbonyl (C=O) groups is 1. The Morgan fingerprint density at radius 2 is 2.05 bits per heavy atom. The van der Waals surface area contributed by atoms with Crippen molar-refractivity contribution in [3.8, 4) is 16.9 Å². The van der Waals surface area contributed by atoms with Gasteiger partial charge in [-0.05, 0) is 30.7 Å². The van der Waals surface area contributed by atoms with Gasteiger partial charge in [-0.15, -0.1) is 0 Å². The predicted octanol–water partition coefficient (Wildman–Crippen LogP) is 2.43. The van der Waals surface area contributed by atoms with E-state index in [1.165, 1.54) is 0 Å². The fraction of sp³-hybridized carbons (Fsp3) is 0.250. The molecule has 0 saturated carbocycles. The molecule has 1 aromatic carbocycles. The molecule has 110 valence electrons. The number of benzene rings is 1. The van der Waals surface area contributed by atoms with Crippen LogP contribution in [0.1, 0.15) is 23.1 Å². The lowest BCUT2D eigenvalue weighted by molar-refractivity contribution is 0.0519. The van der Waals surface area contributed by atoms with Crippen molar-refractivity contribution in [3.63, 3.8) is 0 Å². The van der Waals surface area contributed by atoms with Gasteiger partial charge in [-0.2, -0.15) is 0 Å². The normalized spacial score (nSPS) is 10.2. The fourth-order valence-electron chi connectivity index (χ4n) is 2.02. The average Bonchev–Trinajstić information content (AvgIpc) is 2.54. The van der Waals surface area contributed by atoms with E-state index in [2.05, 4.69) is 4.98 Å². The first-order valence-corrected chi connectivity index (χ1v) is 6.62. The maximum atomic E-state index is 11.9. The smallest absolute Gasteiger partial charge is 0.356 e. The molecule has 0 fully saturated rings. The summed E-state index contributed by atoms with van der Waals surface area (Å²) in [7, 11) is 1.58. The van der Waals surface area contributed by atoms with E-state index in [1.54, 1.807) is 26.2 Å². The number of nitrogens with zero attached hydrogens (tertiary/aromatic N) is 1. The second-order valence-corrected chi connectivity index (χ2v) is 4.31. The lowest BCUT2D eigenvalue weighted by atomic mass is 10.0. The summed E-state index contributed by atoms with van der Waals surface area (Å²) in [5.41, 5.74) is 2.14. The molecule has 2 rings (SSSR count). The Kier molecular flexibility index (Phi) is 4.90. The summed E-state index contributed by atoms with van der Waals surface area (Å²) in [5.74, 6) is 0.173. The van der Waals surface area contributed by atoms with Gasteiger partial charge in [0.15, 0.2) is 0 Å². The lowest BCUT2D eigenvalue weighted by Gasteiger charge is -2.11. The van der Waals surface area contributed by atoms with E-state index in [4.69, 9.17) is 9.47 Å². The summed E-state index contributed by atoms with van der Waals surface area (Å²) >= 11 is 0. The zero-order valence-electron chi connectivity index (χ0n) is 12.0. The van der Waals surface area contributed by atoms with Gasteiger partial charge in [-0.1, -0.05) is 18.2 Å². The molecule has 0 atom stereocenters. The molecular formula is C16H17NO4. The van der Waals surface area contributed by atoms with Crippen LogP contribution in [0.4, 0.5) is 0 Å². The first-order chi connectivity index (χ1) is 10.2. The summed E-state index contributed by atoms with van der Waals surface area (Å²) in [6, 6.07) is 10.8. The standard InChI is InChI=1S/C16H17NO4/c1-3-21-16(19)14-9-11(8-12(10-18)17-14)13-6-4-5-7-15(13)20-2/h4-9,18H,3,10H2,1-2H3. The molecule has 0 saturated heterocycles. The molecule has 0 bridgehead atoms. The SMILES string of the molecule is CCOC(=O)c1cc(-c2ccccc2OC)cc(CO)n1. The number of aliphatic hydroxyl groups is 1. The van der Waals surface area contributed by atoms with Gasteiger partial charge < -0.3 is 14.6 Å². The second kappa shape index (κ2) is 6.85. The van der Waals surface area contributed by atoms with E-state index in [0.29, 0.717) is 11.4 Å². The van der Waals surface area contributed by atoms with E-state index in [0.717, 1.165) is 11.1 Å². The van der Waals surface area contributed by atoms with E-state index in [9.17, 15) is 9.90 Å². The third kappa shape index (κ3) is 3.38. The van der Waals surface area contributed by atoms with Crippen LogP contribution in [0.15, 0.2) is 36.4 Å². The maximum absolute atomic E-state index is 11.9. The summed E-state index contributed by atoms with van der Waals surface area (Å²) < 4.78 is 10.3. The Morgan fingerprint density at radius 1 is 1.29 bits per heavy atom. The predicted molar refractivity (Wildman–Crippen MR) is 78.1 cm³/mol. The first kappa shape index (κ1) is 15.0. The highest BCUT2D eigenvalue weighted by molar-refractivity contribution is 5.89. The molecule has 0 aliphatic heterocycles. The molecule has 1 heterocycles. The molecule has 0 amide bonds. The number of methoxy groups -OCH3 is 1. The molecule has 5 nitrogen and oxygen atoms in total. The Balaban J connectivity index is 2.53. The number of hydrogen-bond acceptors (Lipinski definition) is 5. The Labute approximate surface area is 123 Å². The molecule has 2 aromatic rings. The Morgan fingerprint density at radius 3 is 2.71 bits per heavy atom. The van der Waals surface area contributed by atoms with Crippen LogP contribution >= 0.6 is 0 Å². The van der Waals surface area contributed by atoms with Gasteiger partial charge in [-0.25, -0.2) is 9.78 Å². The Bertz CT molecular complexity index is 640. The van der Waals surface area contributed by atoms with Crippen LogP contribution in [0, 0.1) is 0 Å². The molecule has 21 heavy (non-hydrogen) atoms. The largest absolute Gasteiger partial charge is 0.496 e. The molecule has 1 aromatic heterocycles.